The molecule has 0 aliphatic carbocycles. The van der Waals surface area contributed by atoms with Gasteiger partial charge in [0.15, 0.2) is 0 Å². The van der Waals surface area contributed by atoms with Gasteiger partial charge in [0.1, 0.15) is 5.75 Å². The van der Waals surface area contributed by atoms with Gasteiger partial charge in [-0.2, -0.15) is 0 Å². The summed E-state index contributed by atoms with van der Waals surface area (Å²) >= 11 is 0. The highest BCUT2D eigenvalue weighted by atomic mass is 16.5. The summed E-state index contributed by atoms with van der Waals surface area (Å²) in [6, 6.07) is 2.09. The van der Waals surface area contributed by atoms with Crippen molar-refractivity contribution in [3.05, 3.63) is 28.3 Å². The molecule has 0 aliphatic rings. The molecule has 1 rings (SSSR count). The van der Waals surface area contributed by atoms with E-state index in [1.165, 1.54) is 5.56 Å². The minimum atomic E-state index is -0.0609. The van der Waals surface area contributed by atoms with E-state index in [-0.39, 0.29) is 12.6 Å². The predicted molar refractivity (Wildman–Crippen MR) is 70.7 cm³/mol. The second-order valence-electron chi connectivity index (χ2n) is 4.38. The zero-order valence-electron chi connectivity index (χ0n) is 11.4. The van der Waals surface area contributed by atoms with Crippen LogP contribution in [0.4, 0.5) is 0 Å². The van der Waals surface area contributed by atoms with Crippen molar-refractivity contribution in [2.24, 2.45) is 0 Å². The molecular formula is C14H23NO2. The minimum absolute atomic E-state index is 0.0609. The Bertz CT molecular complexity index is 388. The zero-order chi connectivity index (χ0) is 13.0. The van der Waals surface area contributed by atoms with Crippen molar-refractivity contribution >= 4 is 0 Å². The van der Waals surface area contributed by atoms with Crippen LogP contribution in [0.25, 0.3) is 0 Å². The molecule has 0 saturated heterocycles. The maximum absolute atomic E-state index is 9.50. The van der Waals surface area contributed by atoms with E-state index in [2.05, 4.69) is 32.2 Å². The Kier molecular flexibility index (Phi) is 4.97. The Morgan fingerprint density at radius 2 is 1.94 bits per heavy atom. The monoisotopic (exact) mass is 237 g/mol. The van der Waals surface area contributed by atoms with Gasteiger partial charge in [-0.05, 0) is 44.0 Å². The average Bonchev–Trinajstić information content (AvgIpc) is 2.31. The molecule has 0 spiro atoms. The summed E-state index contributed by atoms with van der Waals surface area (Å²) in [5.74, 6) is 0.891. The highest BCUT2D eigenvalue weighted by Gasteiger charge is 2.19. The van der Waals surface area contributed by atoms with Gasteiger partial charge in [-0.1, -0.05) is 13.0 Å². The van der Waals surface area contributed by atoms with Crippen LogP contribution >= 0.6 is 0 Å². The van der Waals surface area contributed by atoms with Crippen molar-refractivity contribution in [2.75, 3.05) is 20.3 Å². The van der Waals surface area contributed by atoms with Gasteiger partial charge < -0.3 is 15.2 Å². The van der Waals surface area contributed by atoms with E-state index in [0.717, 1.165) is 29.0 Å². The largest absolute Gasteiger partial charge is 0.496 e. The first-order valence-corrected chi connectivity index (χ1v) is 6.05. The first kappa shape index (κ1) is 14.0. The van der Waals surface area contributed by atoms with Gasteiger partial charge in [0, 0.05) is 5.56 Å². The Balaban J connectivity index is 3.34. The Morgan fingerprint density at radius 3 is 2.41 bits per heavy atom. The summed E-state index contributed by atoms with van der Waals surface area (Å²) in [5, 5.41) is 12.8. The quantitative estimate of drug-likeness (QED) is 0.825. The number of aliphatic hydroxyl groups is 1. The number of hydrogen-bond acceptors (Lipinski definition) is 3. The molecule has 1 atom stereocenters. The van der Waals surface area contributed by atoms with Crippen molar-refractivity contribution in [2.45, 2.75) is 33.7 Å². The van der Waals surface area contributed by atoms with Crippen LogP contribution in [0.5, 0.6) is 5.75 Å². The third kappa shape index (κ3) is 2.79. The van der Waals surface area contributed by atoms with E-state index in [0.29, 0.717) is 0 Å². The summed E-state index contributed by atoms with van der Waals surface area (Å²) in [5.41, 5.74) is 4.59. The standard InChI is InChI=1S/C14H23NO2/c1-6-15-12(8-16)13-10(3)7-9(2)11(4)14(13)17-5/h7,12,15-16H,6,8H2,1-5H3. The van der Waals surface area contributed by atoms with Gasteiger partial charge in [-0.15, -0.1) is 0 Å². The number of methoxy groups -OCH3 is 1. The van der Waals surface area contributed by atoms with Crippen LogP contribution in [0.3, 0.4) is 0 Å². The van der Waals surface area contributed by atoms with Crippen molar-refractivity contribution in [3.63, 3.8) is 0 Å². The third-order valence-corrected chi connectivity index (χ3v) is 3.22. The predicted octanol–water partition coefficient (Wildman–Crippen LogP) is 2.26. The van der Waals surface area contributed by atoms with Crippen LogP contribution in [0.2, 0.25) is 0 Å². The second-order valence-corrected chi connectivity index (χ2v) is 4.38. The lowest BCUT2D eigenvalue weighted by molar-refractivity contribution is 0.242. The van der Waals surface area contributed by atoms with Crippen molar-refractivity contribution in [3.8, 4) is 5.75 Å². The lowest BCUT2D eigenvalue weighted by Gasteiger charge is -2.23. The topological polar surface area (TPSA) is 41.5 Å². The number of hydrogen-bond donors (Lipinski definition) is 2. The van der Waals surface area contributed by atoms with Crippen LogP contribution in [0.15, 0.2) is 6.07 Å². The molecular weight excluding hydrogens is 214 g/mol. The molecule has 0 bridgehead atoms. The van der Waals surface area contributed by atoms with E-state index in [1.807, 2.05) is 6.92 Å². The SMILES string of the molecule is CCNC(CO)c1c(C)cc(C)c(C)c1OC. The van der Waals surface area contributed by atoms with Gasteiger partial charge in [-0.25, -0.2) is 0 Å². The summed E-state index contributed by atoms with van der Waals surface area (Å²) in [7, 11) is 1.69. The molecule has 0 radical (unpaired) electrons. The molecule has 3 nitrogen and oxygen atoms in total. The molecule has 0 aromatic heterocycles. The molecule has 3 heteroatoms. The van der Waals surface area contributed by atoms with Crippen molar-refractivity contribution in [1.29, 1.82) is 0 Å². The summed E-state index contributed by atoms with van der Waals surface area (Å²) in [6.07, 6.45) is 0. The van der Waals surface area contributed by atoms with E-state index in [4.69, 9.17) is 4.74 Å². The summed E-state index contributed by atoms with van der Waals surface area (Å²) in [4.78, 5) is 0. The molecule has 96 valence electrons. The molecule has 1 aromatic carbocycles. The molecule has 0 fully saturated rings. The number of aliphatic hydroxyl groups excluding tert-OH is 1. The molecule has 1 aromatic rings. The average molecular weight is 237 g/mol. The van der Waals surface area contributed by atoms with Crippen LogP contribution in [0.1, 0.15) is 35.2 Å². The fraction of sp³-hybridized carbons (Fsp3) is 0.571. The maximum atomic E-state index is 9.50. The van der Waals surface area contributed by atoms with Gasteiger partial charge in [-0.3, -0.25) is 0 Å². The number of nitrogens with one attached hydrogen (secondary N) is 1. The molecule has 0 aliphatic heterocycles. The van der Waals surface area contributed by atoms with Crippen LogP contribution in [-0.4, -0.2) is 25.4 Å². The molecule has 1 unspecified atom stereocenters. The van der Waals surface area contributed by atoms with E-state index in [1.54, 1.807) is 7.11 Å². The van der Waals surface area contributed by atoms with Gasteiger partial charge >= 0.3 is 0 Å². The van der Waals surface area contributed by atoms with E-state index >= 15 is 0 Å². The van der Waals surface area contributed by atoms with E-state index < -0.39 is 0 Å². The van der Waals surface area contributed by atoms with Gasteiger partial charge in [0.05, 0.1) is 19.8 Å². The van der Waals surface area contributed by atoms with Gasteiger partial charge in [0.25, 0.3) is 0 Å². The van der Waals surface area contributed by atoms with E-state index in [9.17, 15) is 5.11 Å². The summed E-state index contributed by atoms with van der Waals surface area (Å²) in [6.45, 7) is 9.12. The number of ether oxygens (including phenoxy) is 1. The third-order valence-electron chi connectivity index (χ3n) is 3.22. The molecule has 0 heterocycles. The highest BCUT2D eigenvalue weighted by molar-refractivity contribution is 5.51. The van der Waals surface area contributed by atoms with Crippen LogP contribution < -0.4 is 10.1 Å². The lowest BCUT2D eigenvalue weighted by Crippen LogP contribution is -2.25. The minimum Gasteiger partial charge on any atom is -0.496 e. The highest BCUT2D eigenvalue weighted by Crippen LogP contribution is 2.33. The fourth-order valence-electron chi connectivity index (χ4n) is 2.27. The number of benzene rings is 1. The Morgan fingerprint density at radius 1 is 1.29 bits per heavy atom. The van der Waals surface area contributed by atoms with Crippen LogP contribution in [-0.2, 0) is 0 Å². The molecule has 0 amide bonds. The Labute approximate surface area is 104 Å². The smallest absolute Gasteiger partial charge is 0.127 e. The summed E-state index contributed by atoms with van der Waals surface area (Å²) < 4.78 is 5.52. The number of rotatable bonds is 5. The van der Waals surface area contributed by atoms with Crippen molar-refractivity contribution < 1.29 is 9.84 Å². The zero-order valence-corrected chi connectivity index (χ0v) is 11.4. The molecule has 17 heavy (non-hydrogen) atoms. The normalized spacial score (nSPS) is 12.6. The fourth-order valence-corrected chi connectivity index (χ4v) is 2.27. The Hall–Kier alpha value is -1.06. The molecule has 2 N–H and O–H groups in total. The first-order valence-electron chi connectivity index (χ1n) is 6.05. The van der Waals surface area contributed by atoms with Crippen molar-refractivity contribution in [1.82, 2.24) is 5.32 Å². The molecule has 0 saturated carbocycles. The second kappa shape index (κ2) is 6.03. The number of likely N-dealkylation sites (N-methyl/N-ethyl adjacent to an activating group) is 1. The number of aryl methyl sites for hydroxylation is 2. The van der Waals surface area contributed by atoms with Gasteiger partial charge in [0.2, 0.25) is 0 Å². The maximum Gasteiger partial charge on any atom is 0.127 e. The lowest BCUT2D eigenvalue weighted by atomic mass is 9.94. The van der Waals surface area contributed by atoms with Crippen LogP contribution in [0, 0.1) is 20.8 Å². The first-order chi connectivity index (χ1) is 8.06.